The van der Waals surface area contributed by atoms with Crippen LogP contribution >= 0.6 is 0 Å². The summed E-state index contributed by atoms with van der Waals surface area (Å²) in [6.07, 6.45) is 5.81. The molecule has 0 aromatic heterocycles. The minimum Gasteiger partial charge on any atom is -0.0651 e. The third-order valence-corrected chi connectivity index (χ3v) is 14.2. The first-order valence-electron chi connectivity index (χ1n) is 12.8. The van der Waals surface area contributed by atoms with Crippen molar-refractivity contribution in [2.75, 3.05) is 0 Å². The fourth-order valence-electron chi connectivity index (χ4n) is 13.0. The van der Waals surface area contributed by atoms with Gasteiger partial charge in [-0.15, -0.1) is 0 Å². The molecule has 0 bridgehead atoms. The lowest BCUT2D eigenvalue weighted by Crippen LogP contribution is -2.91. The molecule has 5 aliphatic rings. The standard InChI is InChI=1S/C28H48/c1-12-17-14-24(7)15-19-21-20-18(13-2)23(5,6)27(20,10)28(21,11)26(19,9)22(24)25(17,8)16(3)4/h16-22H,12-15H2,1-11H3. The summed E-state index contributed by atoms with van der Waals surface area (Å²) in [5.41, 5.74) is 3.29. The molecule has 5 saturated carbocycles. The SMILES string of the molecule is CCC1CC2(C)CC3C4C5C(CC)C(C)(C)C5(C)C4(C)C3(C)C2C1(C)C(C)C. The Morgan fingerprint density at radius 3 is 1.89 bits per heavy atom. The van der Waals surface area contributed by atoms with Gasteiger partial charge >= 0.3 is 0 Å². The second-order valence-corrected chi connectivity index (χ2v) is 14.2. The molecular formula is C28H48. The van der Waals surface area contributed by atoms with Crippen LogP contribution in [0.3, 0.4) is 0 Å². The van der Waals surface area contributed by atoms with Crippen LogP contribution in [0.15, 0.2) is 0 Å². The largest absolute Gasteiger partial charge is 0.0651 e. The van der Waals surface area contributed by atoms with E-state index in [2.05, 4.69) is 76.2 Å². The Kier molecular flexibility index (Phi) is 3.49. The van der Waals surface area contributed by atoms with E-state index in [1.807, 2.05) is 0 Å². The zero-order valence-corrected chi connectivity index (χ0v) is 20.9. The number of fused-ring (bicyclic) bond motifs is 9. The first kappa shape index (κ1) is 19.9. The summed E-state index contributed by atoms with van der Waals surface area (Å²) in [4.78, 5) is 0. The first-order valence-corrected chi connectivity index (χ1v) is 12.8. The minimum atomic E-state index is 0.514. The molecule has 0 amide bonds. The van der Waals surface area contributed by atoms with Gasteiger partial charge in [-0.2, -0.15) is 0 Å². The summed E-state index contributed by atoms with van der Waals surface area (Å²) >= 11 is 0. The number of rotatable bonds is 3. The van der Waals surface area contributed by atoms with Gasteiger partial charge in [-0.3, -0.25) is 0 Å². The first-order chi connectivity index (χ1) is 12.8. The smallest absolute Gasteiger partial charge is 0.0170 e. The van der Waals surface area contributed by atoms with Crippen LogP contribution in [-0.2, 0) is 0 Å². The lowest BCUT2D eigenvalue weighted by atomic mass is 9.09. The van der Waals surface area contributed by atoms with Gasteiger partial charge in [0.2, 0.25) is 0 Å². The Bertz CT molecular complexity index is 718. The molecule has 0 aromatic carbocycles. The molecule has 0 saturated heterocycles. The van der Waals surface area contributed by atoms with Crippen molar-refractivity contribution in [1.82, 2.24) is 0 Å². The molecule has 0 nitrogen and oxygen atoms in total. The maximum atomic E-state index is 2.81. The molecule has 0 aromatic rings. The number of hydrogen-bond acceptors (Lipinski definition) is 0. The molecule has 5 rings (SSSR count). The fourth-order valence-corrected chi connectivity index (χ4v) is 13.0. The average molecular weight is 385 g/mol. The van der Waals surface area contributed by atoms with E-state index in [9.17, 15) is 0 Å². The summed E-state index contributed by atoms with van der Waals surface area (Å²) in [6.45, 7) is 29.1. The van der Waals surface area contributed by atoms with Crippen molar-refractivity contribution < 1.29 is 0 Å². The molecular weight excluding hydrogens is 336 g/mol. The van der Waals surface area contributed by atoms with Gasteiger partial charge in [0.25, 0.3) is 0 Å². The lowest BCUT2D eigenvalue weighted by Gasteiger charge is -2.95. The van der Waals surface area contributed by atoms with Crippen LogP contribution in [0.2, 0.25) is 0 Å². The summed E-state index contributed by atoms with van der Waals surface area (Å²) in [5.74, 6) is 6.65. The maximum Gasteiger partial charge on any atom is -0.0170 e. The van der Waals surface area contributed by atoms with Crippen molar-refractivity contribution in [3.05, 3.63) is 0 Å². The molecule has 5 fully saturated rings. The third kappa shape index (κ3) is 1.42. The van der Waals surface area contributed by atoms with E-state index in [4.69, 9.17) is 0 Å². The van der Waals surface area contributed by atoms with Gasteiger partial charge in [-0.1, -0.05) is 89.0 Å². The molecule has 0 spiro atoms. The number of hydrogen-bond donors (Lipinski definition) is 0. The molecule has 0 heteroatoms. The highest BCUT2D eigenvalue weighted by atomic mass is 15.0. The molecule has 0 N–H and O–H groups in total. The molecule has 0 heterocycles. The van der Waals surface area contributed by atoms with Gasteiger partial charge in [-0.25, -0.2) is 0 Å². The highest BCUT2D eigenvalue weighted by molar-refractivity contribution is 5.42. The van der Waals surface area contributed by atoms with E-state index in [1.54, 1.807) is 0 Å². The lowest BCUT2D eigenvalue weighted by molar-refractivity contribution is -0.482. The third-order valence-electron chi connectivity index (χ3n) is 14.2. The molecule has 11 atom stereocenters. The molecule has 5 aliphatic carbocycles. The van der Waals surface area contributed by atoms with E-state index in [0.29, 0.717) is 32.5 Å². The maximum absolute atomic E-state index is 2.81. The van der Waals surface area contributed by atoms with Crippen LogP contribution in [0, 0.1) is 73.9 Å². The Morgan fingerprint density at radius 2 is 1.39 bits per heavy atom. The second-order valence-electron chi connectivity index (χ2n) is 14.2. The quantitative estimate of drug-likeness (QED) is 0.461. The van der Waals surface area contributed by atoms with Gasteiger partial charge in [0.05, 0.1) is 0 Å². The minimum absolute atomic E-state index is 0.514. The summed E-state index contributed by atoms with van der Waals surface area (Å²) in [6, 6.07) is 0. The van der Waals surface area contributed by atoms with Crippen LogP contribution < -0.4 is 0 Å². The van der Waals surface area contributed by atoms with Gasteiger partial charge in [0, 0.05) is 0 Å². The van der Waals surface area contributed by atoms with Crippen molar-refractivity contribution in [2.24, 2.45) is 73.9 Å². The highest BCUT2D eigenvalue weighted by Gasteiger charge is 2.95. The predicted octanol–water partition coefficient (Wildman–Crippen LogP) is 8.07. The Balaban J connectivity index is 1.65. The summed E-state index contributed by atoms with van der Waals surface area (Å²) in [7, 11) is 0. The second kappa shape index (κ2) is 4.91. The van der Waals surface area contributed by atoms with Gasteiger partial charge in [0.15, 0.2) is 0 Å². The van der Waals surface area contributed by atoms with E-state index in [1.165, 1.54) is 25.7 Å². The van der Waals surface area contributed by atoms with Crippen molar-refractivity contribution in [1.29, 1.82) is 0 Å². The van der Waals surface area contributed by atoms with Gasteiger partial charge in [0.1, 0.15) is 0 Å². The van der Waals surface area contributed by atoms with E-state index in [-0.39, 0.29) is 0 Å². The molecule has 28 heavy (non-hydrogen) atoms. The predicted molar refractivity (Wildman–Crippen MR) is 120 cm³/mol. The van der Waals surface area contributed by atoms with E-state index < -0.39 is 0 Å². The van der Waals surface area contributed by atoms with E-state index >= 15 is 0 Å². The Hall–Kier alpha value is 0. The summed E-state index contributed by atoms with van der Waals surface area (Å²) in [5, 5.41) is 0. The highest BCUT2D eigenvalue weighted by Crippen LogP contribution is 3.00. The zero-order valence-electron chi connectivity index (χ0n) is 20.9. The fraction of sp³-hybridized carbons (Fsp3) is 1.00. The normalized spacial score (nSPS) is 65.6. The Morgan fingerprint density at radius 1 is 0.786 bits per heavy atom. The van der Waals surface area contributed by atoms with Crippen molar-refractivity contribution in [2.45, 2.75) is 102 Å². The summed E-state index contributed by atoms with van der Waals surface area (Å²) < 4.78 is 0. The molecule has 0 radical (unpaired) electrons. The van der Waals surface area contributed by atoms with E-state index in [0.717, 1.165) is 41.4 Å². The van der Waals surface area contributed by atoms with Crippen LogP contribution in [0.1, 0.15) is 102 Å². The van der Waals surface area contributed by atoms with Crippen LogP contribution in [0.4, 0.5) is 0 Å². The van der Waals surface area contributed by atoms with Gasteiger partial charge < -0.3 is 0 Å². The zero-order chi connectivity index (χ0) is 20.9. The molecule has 11 unspecified atom stereocenters. The van der Waals surface area contributed by atoms with Crippen LogP contribution in [0.5, 0.6) is 0 Å². The van der Waals surface area contributed by atoms with Crippen LogP contribution in [0.25, 0.3) is 0 Å². The van der Waals surface area contributed by atoms with Crippen molar-refractivity contribution in [3.8, 4) is 0 Å². The van der Waals surface area contributed by atoms with Crippen molar-refractivity contribution in [3.63, 3.8) is 0 Å². The van der Waals surface area contributed by atoms with Gasteiger partial charge in [-0.05, 0) is 86.8 Å². The molecule has 160 valence electrons. The Labute approximate surface area is 176 Å². The topological polar surface area (TPSA) is 0 Å². The molecule has 0 aliphatic heterocycles. The van der Waals surface area contributed by atoms with Crippen molar-refractivity contribution >= 4 is 0 Å². The average Bonchev–Trinajstić information content (AvgIpc) is 2.98. The van der Waals surface area contributed by atoms with Crippen LogP contribution in [-0.4, -0.2) is 0 Å². The monoisotopic (exact) mass is 384 g/mol.